The molecular weight excluding hydrogens is 777 g/mol. The number of hydrogen-bond acceptors (Lipinski definition) is 9. The van der Waals surface area contributed by atoms with Gasteiger partial charge in [-0.05, 0) is 129 Å². The van der Waals surface area contributed by atoms with Gasteiger partial charge < -0.3 is 9.47 Å². The highest BCUT2D eigenvalue weighted by molar-refractivity contribution is 6.21. The maximum absolute atomic E-state index is 13.7. The van der Waals surface area contributed by atoms with E-state index in [1.165, 1.54) is 42.5 Å². The molecule has 318 valence electrons. The summed E-state index contributed by atoms with van der Waals surface area (Å²) in [6.07, 6.45) is 11.3. The van der Waals surface area contributed by atoms with Gasteiger partial charge >= 0.3 is 11.9 Å². The fraction of sp³-hybridized carbons (Fsp3) is 0.340. The molecule has 2 aliphatic rings. The molecule has 11 heteroatoms. The van der Waals surface area contributed by atoms with Gasteiger partial charge in [0.25, 0.3) is 0 Å². The summed E-state index contributed by atoms with van der Waals surface area (Å²) in [5.74, 6) is -2.10. The molecule has 0 fully saturated rings. The Morgan fingerprint density at radius 1 is 0.705 bits per heavy atom. The monoisotopic (exact) mass is 829 g/mol. The van der Waals surface area contributed by atoms with Gasteiger partial charge in [0.15, 0.2) is 11.6 Å². The number of fused-ring (bicyclic) bond motifs is 4. The zero-order chi connectivity index (χ0) is 44.1. The number of rotatable bonds is 9. The molecule has 0 aliphatic heterocycles. The van der Waals surface area contributed by atoms with Crippen molar-refractivity contribution in [3.63, 3.8) is 0 Å². The number of esters is 2. The minimum absolute atomic E-state index is 0.00400. The lowest BCUT2D eigenvalue weighted by Gasteiger charge is -2.22. The predicted molar refractivity (Wildman–Crippen MR) is 232 cm³/mol. The van der Waals surface area contributed by atoms with Crippen LogP contribution in [0.5, 0.6) is 0 Å². The van der Waals surface area contributed by atoms with Gasteiger partial charge in [0.2, 0.25) is 0 Å². The Bertz CT molecular complexity index is 2370. The van der Waals surface area contributed by atoms with Crippen LogP contribution in [-0.4, -0.2) is 51.7 Å². The second kappa shape index (κ2) is 21.9. The molecule has 0 bridgehead atoms. The van der Waals surface area contributed by atoms with Crippen LogP contribution in [-0.2, 0) is 38.3 Å². The fourth-order valence-electron chi connectivity index (χ4n) is 7.24. The van der Waals surface area contributed by atoms with Crippen molar-refractivity contribution in [1.29, 1.82) is 0 Å². The summed E-state index contributed by atoms with van der Waals surface area (Å²) in [6, 6.07) is 19.8. The van der Waals surface area contributed by atoms with Gasteiger partial charge in [-0.15, -0.1) is 0 Å². The Hall–Kier alpha value is -6.23. The number of halogens is 2. The number of hydrogen-bond donors (Lipinski definition) is 0. The third-order valence-electron chi connectivity index (χ3n) is 10.2. The van der Waals surface area contributed by atoms with E-state index in [-0.39, 0.29) is 59.8 Å². The normalized spacial score (nSPS) is 13.2. The van der Waals surface area contributed by atoms with Crippen molar-refractivity contribution < 1.29 is 37.4 Å². The zero-order valence-electron chi connectivity index (χ0n) is 35.7. The van der Waals surface area contributed by atoms with Crippen LogP contribution < -0.4 is 0 Å². The number of aromatic nitrogens is 3. The Kier molecular flexibility index (Phi) is 16.4. The highest BCUT2D eigenvalue weighted by Gasteiger charge is 2.30. The van der Waals surface area contributed by atoms with Crippen molar-refractivity contribution in [1.82, 2.24) is 15.0 Å². The van der Waals surface area contributed by atoms with Crippen molar-refractivity contribution >= 4 is 29.6 Å². The first kappa shape index (κ1) is 45.8. The molecule has 3 heterocycles. The summed E-state index contributed by atoms with van der Waals surface area (Å²) in [4.78, 5) is 62.0. The molecule has 0 unspecified atom stereocenters. The maximum Gasteiger partial charge on any atom is 0.341 e. The van der Waals surface area contributed by atoms with E-state index in [0.29, 0.717) is 28.9 Å². The number of ketones is 2. The highest BCUT2D eigenvalue weighted by atomic mass is 19.1. The van der Waals surface area contributed by atoms with Crippen molar-refractivity contribution in [3.05, 3.63) is 142 Å². The van der Waals surface area contributed by atoms with E-state index in [2.05, 4.69) is 16.0 Å². The lowest BCUT2D eigenvalue weighted by atomic mass is 9.87. The standard InChI is InChI=1S/C25H25FN2O2.C15H17FO3.C10H11NO/c1-4-30-25(29)21-20(16-10-12-18(26)13-11-16)19-9-5-7-17-8-6-14-27-23(17)24(19)28-22(21)15(2)3;1-4-19-15(18)13(14(17)10(2)3)9-11-5-7-12(16)8-6-11;12-9-6-2-1-4-8-5-3-7-11-10(8)9/h6,8,10-15H,4-5,7,9H2,1-3H3;5-10H,4H2,1-3H3;3,5,7H,1-2,4,6H2. The zero-order valence-corrected chi connectivity index (χ0v) is 35.7. The van der Waals surface area contributed by atoms with Crippen molar-refractivity contribution in [2.24, 2.45) is 5.92 Å². The van der Waals surface area contributed by atoms with E-state index in [1.807, 2.05) is 32.0 Å². The number of aryl methyl sites for hydroxylation is 2. The first-order valence-corrected chi connectivity index (χ1v) is 20.9. The molecule has 3 aromatic heterocycles. The topological polar surface area (TPSA) is 125 Å². The number of carbonyl (C=O) groups excluding carboxylic acids is 4. The third kappa shape index (κ3) is 11.7. The van der Waals surface area contributed by atoms with E-state index in [4.69, 9.17) is 14.5 Å². The number of pyridine rings is 3. The molecule has 9 nitrogen and oxygen atoms in total. The second-order valence-electron chi connectivity index (χ2n) is 15.3. The Balaban J connectivity index is 0.000000193. The SMILES string of the molecule is CCOC(=O)C(=Cc1ccc(F)cc1)C(=O)C(C)C.CCOC(=O)c1c(C(C)C)nc2c(c1-c1ccc(F)cc1)CCCc1cccnc1-2.O=C1CCCCc2cccnc21. The minimum atomic E-state index is -0.648. The van der Waals surface area contributed by atoms with Crippen LogP contribution in [0.2, 0.25) is 0 Å². The van der Waals surface area contributed by atoms with E-state index >= 15 is 0 Å². The predicted octanol–water partition coefficient (Wildman–Crippen LogP) is 10.7. The molecule has 2 aromatic carbocycles. The van der Waals surface area contributed by atoms with E-state index in [0.717, 1.165) is 77.7 Å². The highest BCUT2D eigenvalue weighted by Crippen LogP contribution is 2.41. The summed E-state index contributed by atoms with van der Waals surface area (Å²) in [6.45, 7) is 11.4. The van der Waals surface area contributed by atoms with Crippen LogP contribution in [0.3, 0.4) is 0 Å². The molecule has 5 aromatic rings. The number of nitrogens with zero attached hydrogens (tertiary/aromatic N) is 3. The molecule has 7 rings (SSSR count). The van der Waals surface area contributed by atoms with Gasteiger partial charge in [0, 0.05) is 30.3 Å². The average molecular weight is 830 g/mol. The average Bonchev–Trinajstić information content (AvgIpc) is 3.56. The molecule has 61 heavy (non-hydrogen) atoms. The second-order valence-corrected chi connectivity index (χ2v) is 15.3. The molecule has 0 radical (unpaired) electrons. The lowest BCUT2D eigenvalue weighted by molar-refractivity contribution is -0.140. The van der Waals surface area contributed by atoms with Crippen LogP contribution in [0.25, 0.3) is 28.6 Å². The Morgan fingerprint density at radius 3 is 1.89 bits per heavy atom. The summed E-state index contributed by atoms with van der Waals surface area (Å²) in [5.41, 5.74) is 8.97. The summed E-state index contributed by atoms with van der Waals surface area (Å²) in [5, 5.41) is 0. The van der Waals surface area contributed by atoms with Crippen molar-refractivity contribution in [2.75, 3.05) is 13.2 Å². The largest absolute Gasteiger partial charge is 0.462 e. The van der Waals surface area contributed by atoms with E-state index < -0.39 is 5.97 Å². The molecule has 0 spiro atoms. The van der Waals surface area contributed by atoms with Gasteiger partial charge in [-0.25, -0.2) is 23.4 Å². The molecule has 0 atom stereocenters. The first-order chi connectivity index (χ1) is 29.3. The summed E-state index contributed by atoms with van der Waals surface area (Å²) < 4.78 is 36.8. The molecule has 0 saturated heterocycles. The van der Waals surface area contributed by atoms with Crippen LogP contribution >= 0.6 is 0 Å². The quantitative estimate of drug-likeness (QED) is 0.0469. The van der Waals surface area contributed by atoms with Gasteiger partial charge in [-0.1, -0.05) is 64.1 Å². The van der Waals surface area contributed by atoms with Gasteiger partial charge in [0.1, 0.15) is 22.9 Å². The van der Waals surface area contributed by atoms with Gasteiger partial charge in [-0.3, -0.25) is 19.6 Å². The van der Waals surface area contributed by atoms with Crippen molar-refractivity contribution in [2.45, 2.75) is 92.4 Å². The molecule has 0 amide bonds. The minimum Gasteiger partial charge on any atom is -0.462 e. The number of ether oxygens (including phenoxy) is 2. The van der Waals surface area contributed by atoms with Crippen molar-refractivity contribution in [3.8, 4) is 22.5 Å². The smallest absolute Gasteiger partial charge is 0.341 e. The Labute approximate surface area is 356 Å². The summed E-state index contributed by atoms with van der Waals surface area (Å²) in [7, 11) is 0. The van der Waals surface area contributed by atoms with Gasteiger partial charge in [-0.2, -0.15) is 0 Å². The van der Waals surface area contributed by atoms with Crippen LogP contribution in [0, 0.1) is 17.6 Å². The Morgan fingerprint density at radius 2 is 1.28 bits per heavy atom. The maximum atomic E-state index is 13.7. The third-order valence-corrected chi connectivity index (χ3v) is 10.2. The molecule has 0 N–H and O–H groups in total. The van der Waals surface area contributed by atoms with Gasteiger partial charge in [0.05, 0.1) is 35.9 Å². The first-order valence-electron chi connectivity index (χ1n) is 20.9. The molecular formula is C50H53F2N3O6. The summed E-state index contributed by atoms with van der Waals surface area (Å²) >= 11 is 0. The molecule has 2 aliphatic carbocycles. The number of Topliss-reactive ketones (excluding diaryl/α,β-unsaturated/α-hetero) is 2. The number of benzene rings is 2. The van der Waals surface area contributed by atoms with Crippen LogP contribution in [0.15, 0.2) is 90.8 Å². The lowest BCUT2D eigenvalue weighted by Crippen LogP contribution is -2.19. The molecule has 0 saturated carbocycles. The van der Waals surface area contributed by atoms with E-state index in [1.54, 1.807) is 52.2 Å². The fourth-order valence-corrected chi connectivity index (χ4v) is 7.24. The van der Waals surface area contributed by atoms with Crippen LogP contribution in [0.1, 0.15) is 122 Å². The van der Waals surface area contributed by atoms with Crippen LogP contribution in [0.4, 0.5) is 8.78 Å². The van der Waals surface area contributed by atoms with E-state index in [9.17, 15) is 28.0 Å². The number of carbonyl (C=O) groups is 4.